The molecule has 0 aliphatic carbocycles. The lowest BCUT2D eigenvalue weighted by Crippen LogP contribution is -2.49. The second-order valence-electron chi connectivity index (χ2n) is 3.12. The van der Waals surface area contributed by atoms with E-state index in [1.807, 2.05) is 5.32 Å². The summed E-state index contributed by atoms with van der Waals surface area (Å²) in [7, 11) is 0. The molecule has 0 aromatic carbocycles. The zero-order chi connectivity index (χ0) is 12.7. The smallest absolute Gasteiger partial charge is 0.326 e. The maximum atomic E-state index is 11.2. The van der Waals surface area contributed by atoms with Crippen molar-refractivity contribution < 1.29 is 29.7 Å². The second-order valence-corrected chi connectivity index (χ2v) is 3.12. The van der Waals surface area contributed by atoms with E-state index in [0.29, 0.717) is 0 Å². The number of rotatable bonds is 7. The molecule has 16 heavy (non-hydrogen) atoms. The van der Waals surface area contributed by atoms with Crippen LogP contribution in [0.1, 0.15) is 12.8 Å². The van der Waals surface area contributed by atoms with E-state index in [9.17, 15) is 14.4 Å². The van der Waals surface area contributed by atoms with Gasteiger partial charge in [-0.15, -0.1) is 0 Å². The third-order valence-corrected chi connectivity index (χ3v) is 1.76. The molecule has 0 aromatic rings. The van der Waals surface area contributed by atoms with Crippen LogP contribution in [0.2, 0.25) is 0 Å². The van der Waals surface area contributed by atoms with Crippen molar-refractivity contribution in [2.45, 2.75) is 24.9 Å². The first kappa shape index (κ1) is 14.3. The minimum Gasteiger partial charge on any atom is -0.481 e. The van der Waals surface area contributed by atoms with Gasteiger partial charge < -0.3 is 26.4 Å². The fraction of sp³-hybridized carbons (Fsp3) is 0.625. The molecular formula is C8H14N2O6. The van der Waals surface area contributed by atoms with Crippen LogP contribution in [-0.2, 0) is 14.4 Å². The summed E-state index contributed by atoms with van der Waals surface area (Å²) in [5.74, 6) is -3.44. The van der Waals surface area contributed by atoms with Crippen LogP contribution in [0.25, 0.3) is 0 Å². The largest absolute Gasteiger partial charge is 0.481 e. The monoisotopic (exact) mass is 234 g/mol. The lowest BCUT2D eigenvalue weighted by Gasteiger charge is -2.15. The number of hydrogen-bond donors (Lipinski definition) is 5. The minimum absolute atomic E-state index is 0.166. The predicted molar refractivity (Wildman–Crippen MR) is 51.5 cm³/mol. The molecule has 0 rings (SSSR count). The van der Waals surface area contributed by atoms with Crippen molar-refractivity contribution in [2.75, 3.05) is 6.61 Å². The molecule has 0 heterocycles. The Morgan fingerprint density at radius 2 is 1.81 bits per heavy atom. The fourth-order valence-corrected chi connectivity index (χ4v) is 0.946. The van der Waals surface area contributed by atoms with Gasteiger partial charge in [0.05, 0.1) is 12.5 Å². The fourth-order valence-electron chi connectivity index (χ4n) is 0.946. The standard InChI is InChI=1S/C8H14N2O6/c9-4(3-6(12)13)7(14)10-5(1-2-11)8(15)16/h4-5,11H,1-3,9H2,(H,10,14)(H,12,13)(H,15,16). The summed E-state index contributed by atoms with van der Waals surface area (Å²) >= 11 is 0. The predicted octanol–water partition coefficient (Wildman–Crippen LogP) is -2.26. The van der Waals surface area contributed by atoms with Crippen LogP contribution in [-0.4, -0.2) is 51.9 Å². The van der Waals surface area contributed by atoms with Crippen LogP contribution in [0.4, 0.5) is 0 Å². The van der Waals surface area contributed by atoms with Crippen LogP contribution in [0, 0.1) is 0 Å². The van der Waals surface area contributed by atoms with Crippen LogP contribution in [0.15, 0.2) is 0 Å². The molecule has 2 atom stereocenters. The number of nitrogens with one attached hydrogen (secondary N) is 1. The summed E-state index contributed by atoms with van der Waals surface area (Å²) in [6.07, 6.45) is -0.752. The molecule has 0 fully saturated rings. The Morgan fingerprint density at radius 1 is 1.25 bits per heavy atom. The maximum absolute atomic E-state index is 11.2. The second kappa shape index (κ2) is 6.75. The van der Waals surface area contributed by atoms with Gasteiger partial charge in [0.2, 0.25) is 5.91 Å². The molecule has 1 amide bonds. The van der Waals surface area contributed by atoms with Crippen LogP contribution in [0.3, 0.4) is 0 Å². The highest BCUT2D eigenvalue weighted by molar-refractivity contribution is 5.89. The van der Waals surface area contributed by atoms with Gasteiger partial charge in [-0.3, -0.25) is 9.59 Å². The summed E-state index contributed by atoms with van der Waals surface area (Å²) in [5, 5.41) is 27.6. The number of nitrogens with two attached hydrogens (primary N) is 1. The van der Waals surface area contributed by atoms with Crippen molar-refractivity contribution in [3.63, 3.8) is 0 Å². The number of amides is 1. The summed E-state index contributed by atoms with van der Waals surface area (Å²) in [5.41, 5.74) is 5.21. The van der Waals surface area contributed by atoms with Gasteiger partial charge in [-0.05, 0) is 0 Å². The molecule has 6 N–H and O–H groups in total. The van der Waals surface area contributed by atoms with Gasteiger partial charge in [0.15, 0.2) is 0 Å². The highest BCUT2D eigenvalue weighted by Gasteiger charge is 2.23. The van der Waals surface area contributed by atoms with E-state index < -0.39 is 43.0 Å². The van der Waals surface area contributed by atoms with Gasteiger partial charge in [0.25, 0.3) is 0 Å². The minimum atomic E-state index is -1.31. The first-order chi connectivity index (χ1) is 7.38. The van der Waals surface area contributed by atoms with E-state index in [1.54, 1.807) is 0 Å². The Morgan fingerprint density at radius 3 is 2.19 bits per heavy atom. The van der Waals surface area contributed by atoms with Crippen molar-refractivity contribution in [1.82, 2.24) is 5.32 Å². The molecule has 0 aliphatic heterocycles. The molecule has 8 nitrogen and oxygen atoms in total. The van der Waals surface area contributed by atoms with Crippen molar-refractivity contribution in [3.8, 4) is 0 Å². The van der Waals surface area contributed by atoms with Crippen molar-refractivity contribution in [3.05, 3.63) is 0 Å². The number of carbonyl (C=O) groups excluding carboxylic acids is 1. The maximum Gasteiger partial charge on any atom is 0.326 e. The van der Waals surface area contributed by atoms with E-state index in [2.05, 4.69) is 0 Å². The number of aliphatic hydroxyl groups excluding tert-OH is 1. The number of carboxylic acids is 2. The van der Waals surface area contributed by atoms with E-state index >= 15 is 0 Å². The van der Waals surface area contributed by atoms with Crippen molar-refractivity contribution >= 4 is 17.8 Å². The summed E-state index contributed by atoms with van der Waals surface area (Å²) < 4.78 is 0. The third kappa shape index (κ3) is 5.27. The summed E-state index contributed by atoms with van der Waals surface area (Å²) in [6.45, 7) is -0.411. The van der Waals surface area contributed by atoms with Gasteiger partial charge >= 0.3 is 11.9 Å². The van der Waals surface area contributed by atoms with Gasteiger partial charge in [0.1, 0.15) is 6.04 Å². The molecule has 0 aromatic heterocycles. The van der Waals surface area contributed by atoms with Crippen LogP contribution in [0.5, 0.6) is 0 Å². The normalized spacial score (nSPS) is 13.9. The average molecular weight is 234 g/mol. The van der Waals surface area contributed by atoms with Gasteiger partial charge in [-0.2, -0.15) is 0 Å². The molecule has 0 bridgehead atoms. The topological polar surface area (TPSA) is 150 Å². The number of hydrogen-bond acceptors (Lipinski definition) is 5. The molecule has 92 valence electrons. The number of carbonyl (C=O) groups is 3. The number of carboxylic acid groups (broad SMARTS) is 2. The SMILES string of the molecule is NC(CC(=O)O)C(=O)NC(CCO)C(=O)O. The Bertz CT molecular complexity index is 280. The van der Waals surface area contributed by atoms with Gasteiger partial charge in [-0.25, -0.2) is 4.79 Å². The Hall–Kier alpha value is -1.67. The molecule has 2 unspecified atom stereocenters. The van der Waals surface area contributed by atoms with Crippen LogP contribution < -0.4 is 11.1 Å². The highest BCUT2D eigenvalue weighted by atomic mass is 16.4. The third-order valence-electron chi connectivity index (χ3n) is 1.76. The van der Waals surface area contributed by atoms with E-state index in [1.165, 1.54) is 0 Å². The summed E-state index contributed by atoms with van der Waals surface area (Å²) in [4.78, 5) is 32.1. The summed E-state index contributed by atoms with van der Waals surface area (Å²) in [6, 6.07) is -2.57. The van der Waals surface area contributed by atoms with E-state index in [-0.39, 0.29) is 6.42 Å². The molecular weight excluding hydrogens is 220 g/mol. The van der Waals surface area contributed by atoms with E-state index in [0.717, 1.165) is 0 Å². The molecule has 0 aliphatic rings. The highest BCUT2D eigenvalue weighted by Crippen LogP contribution is 1.95. The number of aliphatic hydroxyl groups is 1. The molecule has 0 radical (unpaired) electrons. The number of aliphatic carboxylic acids is 2. The molecule has 0 spiro atoms. The Labute approximate surface area is 91.1 Å². The molecule has 0 saturated carbocycles. The van der Waals surface area contributed by atoms with Gasteiger partial charge in [-0.1, -0.05) is 0 Å². The van der Waals surface area contributed by atoms with Crippen LogP contribution >= 0.6 is 0 Å². The average Bonchev–Trinajstić information content (AvgIpc) is 2.15. The zero-order valence-electron chi connectivity index (χ0n) is 8.42. The first-order valence-corrected chi connectivity index (χ1v) is 4.50. The zero-order valence-corrected chi connectivity index (χ0v) is 8.42. The molecule has 8 heteroatoms. The lowest BCUT2D eigenvalue weighted by atomic mass is 10.1. The Kier molecular flexibility index (Phi) is 6.04. The Balaban J connectivity index is 4.28. The quantitative estimate of drug-likeness (QED) is 0.333. The van der Waals surface area contributed by atoms with E-state index in [4.69, 9.17) is 21.1 Å². The lowest BCUT2D eigenvalue weighted by molar-refractivity contribution is -0.143. The first-order valence-electron chi connectivity index (χ1n) is 4.50. The van der Waals surface area contributed by atoms with Crippen molar-refractivity contribution in [1.29, 1.82) is 0 Å². The van der Waals surface area contributed by atoms with Crippen molar-refractivity contribution in [2.24, 2.45) is 5.73 Å². The van der Waals surface area contributed by atoms with Gasteiger partial charge in [0, 0.05) is 13.0 Å². The molecule has 0 saturated heterocycles.